The molecular weight excluding hydrogens is 376 g/mol. The first-order valence-electron chi connectivity index (χ1n) is 8.47. The molecule has 0 spiro atoms. The number of hydrogen-bond donors (Lipinski definition) is 0. The molecule has 0 aliphatic rings. The van der Waals surface area contributed by atoms with Gasteiger partial charge in [0, 0.05) is 5.75 Å². The summed E-state index contributed by atoms with van der Waals surface area (Å²) >= 11 is 3.35. The highest BCUT2D eigenvalue weighted by Crippen LogP contribution is 2.21. The van der Waals surface area contributed by atoms with Gasteiger partial charge in [0.25, 0.3) is 0 Å². The fraction of sp³-hybridized carbons (Fsp3) is 0.150. The van der Waals surface area contributed by atoms with Crippen molar-refractivity contribution >= 4 is 40.2 Å². The third-order valence-corrected chi connectivity index (χ3v) is 5.81. The SMILES string of the molecule is COc1ccc(C=Cc2nn3c(CSCc4ccccc4)nnc3s2)cc1. The standard InChI is InChI=1S/C20H18N4OS2/c1-25-17-10-7-15(8-11-17)9-12-19-23-24-18(21-22-20(24)27-19)14-26-13-16-5-3-2-4-6-16/h2-12H,13-14H2,1H3. The van der Waals surface area contributed by atoms with Gasteiger partial charge >= 0.3 is 0 Å². The van der Waals surface area contributed by atoms with E-state index in [1.807, 2.05) is 58.8 Å². The molecule has 2 aromatic heterocycles. The summed E-state index contributed by atoms with van der Waals surface area (Å²) in [5.74, 6) is 3.46. The Morgan fingerprint density at radius 1 is 1.00 bits per heavy atom. The van der Waals surface area contributed by atoms with Crippen LogP contribution in [0.2, 0.25) is 0 Å². The number of hydrogen-bond acceptors (Lipinski definition) is 6. The molecule has 0 N–H and O–H groups in total. The minimum absolute atomic E-state index is 0.779. The third kappa shape index (κ3) is 4.37. The van der Waals surface area contributed by atoms with Crippen molar-refractivity contribution in [2.45, 2.75) is 11.5 Å². The molecule has 0 amide bonds. The second-order valence-electron chi connectivity index (χ2n) is 5.84. The molecule has 7 heteroatoms. The van der Waals surface area contributed by atoms with Crippen LogP contribution in [0.15, 0.2) is 54.6 Å². The molecular formula is C20H18N4OS2. The summed E-state index contributed by atoms with van der Waals surface area (Å²) in [6, 6.07) is 18.4. The number of nitrogens with zero attached hydrogens (tertiary/aromatic N) is 4. The summed E-state index contributed by atoms with van der Waals surface area (Å²) < 4.78 is 7.02. The van der Waals surface area contributed by atoms with Gasteiger partial charge in [-0.25, -0.2) is 0 Å². The Morgan fingerprint density at radius 3 is 2.59 bits per heavy atom. The Kier molecular flexibility index (Phi) is 5.50. The van der Waals surface area contributed by atoms with Crippen LogP contribution in [0, 0.1) is 0 Å². The Labute approximate surface area is 165 Å². The molecule has 0 atom stereocenters. The number of benzene rings is 2. The Hall–Kier alpha value is -2.64. The van der Waals surface area contributed by atoms with Gasteiger partial charge in [-0.15, -0.1) is 22.0 Å². The minimum Gasteiger partial charge on any atom is -0.497 e. The summed E-state index contributed by atoms with van der Waals surface area (Å²) in [5.41, 5.74) is 2.41. The van der Waals surface area contributed by atoms with E-state index in [2.05, 4.69) is 39.6 Å². The highest BCUT2D eigenvalue weighted by molar-refractivity contribution is 7.97. The zero-order chi connectivity index (χ0) is 18.5. The lowest BCUT2D eigenvalue weighted by molar-refractivity contribution is 0.415. The quantitative estimate of drug-likeness (QED) is 0.451. The first-order chi connectivity index (χ1) is 13.3. The van der Waals surface area contributed by atoms with Crippen LogP contribution in [-0.2, 0) is 11.5 Å². The monoisotopic (exact) mass is 394 g/mol. The van der Waals surface area contributed by atoms with Crippen LogP contribution in [0.5, 0.6) is 5.75 Å². The van der Waals surface area contributed by atoms with E-state index in [9.17, 15) is 0 Å². The largest absolute Gasteiger partial charge is 0.497 e. The lowest BCUT2D eigenvalue weighted by Crippen LogP contribution is -1.94. The Morgan fingerprint density at radius 2 is 1.81 bits per heavy atom. The van der Waals surface area contributed by atoms with E-state index in [-0.39, 0.29) is 0 Å². The van der Waals surface area contributed by atoms with Crippen LogP contribution >= 0.6 is 23.1 Å². The molecule has 0 unspecified atom stereocenters. The summed E-state index contributed by atoms with van der Waals surface area (Å²) in [6.45, 7) is 0. The van der Waals surface area contributed by atoms with Crippen molar-refractivity contribution in [2.24, 2.45) is 0 Å². The first kappa shape index (κ1) is 17.8. The number of ether oxygens (including phenoxy) is 1. The predicted molar refractivity (Wildman–Crippen MR) is 112 cm³/mol. The maximum atomic E-state index is 5.18. The summed E-state index contributed by atoms with van der Waals surface area (Å²) in [7, 11) is 1.67. The van der Waals surface area contributed by atoms with Gasteiger partial charge in [0.2, 0.25) is 4.96 Å². The number of thioether (sulfide) groups is 1. The topological polar surface area (TPSA) is 52.3 Å². The molecule has 0 aliphatic carbocycles. The molecule has 2 aromatic carbocycles. The summed E-state index contributed by atoms with van der Waals surface area (Å²) in [5, 5.41) is 14.1. The average molecular weight is 395 g/mol. The highest BCUT2D eigenvalue weighted by atomic mass is 32.2. The molecule has 136 valence electrons. The van der Waals surface area contributed by atoms with Gasteiger partial charge in [0.1, 0.15) is 10.8 Å². The van der Waals surface area contributed by atoms with Crippen molar-refractivity contribution in [3.8, 4) is 5.75 Å². The number of methoxy groups -OCH3 is 1. The van der Waals surface area contributed by atoms with Gasteiger partial charge in [0.15, 0.2) is 5.82 Å². The smallest absolute Gasteiger partial charge is 0.234 e. The van der Waals surface area contributed by atoms with Crippen molar-refractivity contribution in [3.63, 3.8) is 0 Å². The molecule has 2 heterocycles. The summed E-state index contributed by atoms with van der Waals surface area (Å²) in [4.78, 5) is 0.819. The highest BCUT2D eigenvalue weighted by Gasteiger charge is 2.10. The number of fused-ring (bicyclic) bond motifs is 1. The number of rotatable bonds is 7. The molecule has 0 saturated heterocycles. The van der Waals surface area contributed by atoms with Crippen LogP contribution in [-0.4, -0.2) is 26.9 Å². The molecule has 0 aliphatic heterocycles. The molecule has 0 bridgehead atoms. The average Bonchev–Trinajstić information content (AvgIpc) is 3.29. The van der Waals surface area contributed by atoms with Crippen LogP contribution in [0.1, 0.15) is 22.0 Å². The number of aromatic nitrogens is 4. The lowest BCUT2D eigenvalue weighted by Gasteiger charge is -1.99. The van der Waals surface area contributed by atoms with Crippen molar-refractivity contribution in [3.05, 3.63) is 76.6 Å². The van der Waals surface area contributed by atoms with Gasteiger partial charge < -0.3 is 4.74 Å². The van der Waals surface area contributed by atoms with E-state index in [4.69, 9.17) is 4.74 Å². The zero-order valence-corrected chi connectivity index (χ0v) is 16.4. The zero-order valence-electron chi connectivity index (χ0n) is 14.8. The molecule has 0 radical (unpaired) electrons. The molecule has 0 saturated carbocycles. The van der Waals surface area contributed by atoms with Crippen molar-refractivity contribution in [1.29, 1.82) is 0 Å². The van der Waals surface area contributed by atoms with E-state index in [1.165, 1.54) is 16.9 Å². The molecule has 5 nitrogen and oxygen atoms in total. The predicted octanol–water partition coefficient (Wildman–Crippen LogP) is 4.80. The second-order valence-corrected chi connectivity index (χ2v) is 7.81. The van der Waals surface area contributed by atoms with Crippen molar-refractivity contribution < 1.29 is 4.74 Å². The van der Waals surface area contributed by atoms with Crippen molar-refractivity contribution in [1.82, 2.24) is 19.8 Å². The third-order valence-electron chi connectivity index (χ3n) is 3.95. The van der Waals surface area contributed by atoms with Gasteiger partial charge in [-0.1, -0.05) is 59.9 Å². The Bertz CT molecular complexity index is 1040. The van der Waals surface area contributed by atoms with E-state index >= 15 is 0 Å². The minimum atomic E-state index is 0.779. The van der Waals surface area contributed by atoms with Gasteiger partial charge in [-0.3, -0.25) is 0 Å². The van der Waals surface area contributed by atoms with E-state index < -0.39 is 0 Å². The fourth-order valence-corrected chi connectivity index (χ4v) is 4.20. The van der Waals surface area contributed by atoms with Crippen LogP contribution in [0.25, 0.3) is 17.1 Å². The normalized spacial score (nSPS) is 11.4. The summed E-state index contributed by atoms with van der Waals surface area (Å²) in [6.07, 6.45) is 4.04. The van der Waals surface area contributed by atoms with Crippen molar-refractivity contribution in [2.75, 3.05) is 7.11 Å². The van der Waals surface area contributed by atoms with E-state index in [0.29, 0.717) is 0 Å². The molecule has 27 heavy (non-hydrogen) atoms. The van der Waals surface area contributed by atoms with E-state index in [0.717, 1.165) is 38.6 Å². The van der Waals surface area contributed by atoms with Crippen LogP contribution in [0.4, 0.5) is 0 Å². The Balaban J connectivity index is 1.42. The fourth-order valence-electron chi connectivity index (χ4n) is 2.55. The molecule has 0 fully saturated rings. The van der Waals surface area contributed by atoms with E-state index in [1.54, 1.807) is 7.11 Å². The van der Waals surface area contributed by atoms with Gasteiger partial charge in [-0.05, 0) is 29.3 Å². The maximum Gasteiger partial charge on any atom is 0.234 e. The maximum absolute atomic E-state index is 5.18. The van der Waals surface area contributed by atoms with Crippen LogP contribution < -0.4 is 4.74 Å². The first-order valence-corrected chi connectivity index (χ1v) is 10.4. The van der Waals surface area contributed by atoms with Crippen LogP contribution in [0.3, 0.4) is 0 Å². The lowest BCUT2D eigenvalue weighted by atomic mass is 10.2. The second kappa shape index (κ2) is 8.37. The van der Waals surface area contributed by atoms with Gasteiger partial charge in [-0.2, -0.15) is 9.61 Å². The van der Waals surface area contributed by atoms with Gasteiger partial charge in [0.05, 0.1) is 12.9 Å². The molecule has 4 rings (SSSR count). The molecule has 4 aromatic rings.